The molecule has 0 spiro atoms. The van der Waals surface area contributed by atoms with Gasteiger partial charge in [-0.05, 0) is 50.5 Å². The summed E-state index contributed by atoms with van der Waals surface area (Å²) >= 11 is 6.87. The topological polar surface area (TPSA) is 283 Å². The number of aromatic nitrogens is 2. The molecule has 8 rings (SSSR count). The van der Waals surface area contributed by atoms with Gasteiger partial charge in [0, 0.05) is 58.3 Å². The van der Waals surface area contributed by atoms with Gasteiger partial charge >= 0.3 is 0 Å². The average molecular weight is 1190 g/mol. The Morgan fingerprint density at radius 3 is 2.20 bits per heavy atom. The predicted octanol–water partition coefficient (Wildman–Crippen LogP) is 4.12. The number of aromatic hydroxyl groups is 2. The fourth-order valence-electron chi connectivity index (χ4n) is 9.48. The van der Waals surface area contributed by atoms with Gasteiger partial charge in [-0.1, -0.05) is 44.0 Å². The summed E-state index contributed by atoms with van der Waals surface area (Å²) in [5, 5.41) is 31.1. The van der Waals surface area contributed by atoms with Gasteiger partial charge in [0.2, 0.25) is 17.6 Å². The lowest BCUT2D eigenvalue weighted by Gasteiger charge is -2.40. The van der Waals surface area contributed by atoms with E-state index < -0.39 is 70.4 Å². The minimum Gasteiger partial charge on any atom is -0.507 e. The number of carbonyl (C=O) groups excluding carboxylic acids is 5. The molecule has 76 heavy (non-hydrogen) atoms. The Bertz CT molecular complexity index is 2750. The van der Waals surface area contributed by atoms with E-state index in [0.29, 0.717) is 99.4 Å². The maximum Gasteiger partial charge on any atom is 0.251 e. The molecular formula is C52H62Br2N6O16. The molecule has 2 saturated heterocycles. The molecule has 24 heteroatoms. The molecule has 3 heterocycles. The third kappa shape index (κ3) is 13.7. The number of ether oxygens (including phenoxy) is 9. The summed E-state index contributed by atoms with van der Waals surface area (Å²) in [5.41, 5.74) is 7.62. The molecule has 6 atom stereocenters. The SMILES string of the molecule is COc1cccc2c1C(=O)c1c(O)c3c(c(O)c1C2=O)CC(C(=O)NNC(=O)CCOCCOCCOCCOCCNC(=O)c1ccc2nc(CBr)c(CBr)nc2c1)C[C@@H]3O[C@H]1CC[C@H](O[C@@H]2COCCN2)[C@H](C)O1. The Labute approximate surface area is 455 Å². The maximum absolute atomic E-state index is 14.1. The molecule has 2 fully saturated rings. The first kappa shape index (κ1) is 56.9. The van der Waals surface area contributed by atoms with Crippen molar-refractivity contribution in [3.63, 3.8) is 0 Å². The molecule has 3 amide bonds. The van der Waals surface area contributed by atoms with Crippen LogP contribution in [0.1, 0.15) is 103 Å². The summed E-state index contributed by atoms with van der Waals surface area (Å²) in [5.74, 6) is -4.74. The summed E-state index contributed by atoms with van der Waals surface area (Å²) in [7, 11) is 1.36. The van der Waals surface area contributed by atoms with Crippen LogP contribution in [0.3, 0.4) is 0 Å². The Morgan fingerprint density at radius 2 is 1.51 bits per heavy atom. The number of hydrazine groups is 1. The van der Waals surface area contributed by atoms with E-state index in [1.807, 2.05) is 6.92 Å². The van der Waals surface area contributed by atoms with Crippen molar-refractivity contribution in [3.8, 4) is 17.2 Å². The highest BCUT2D eigenvalue weighted by Gasteiger charge is 2.45. The monoisotopic (exact) mass is 1180 g/mol. The van der Waals surface area contributed by atoms with Gasteiger partial charge in [-0.3, -0.25) is 40.1 Å². The minimum absolute atomic E-state index is 0.00922. The number of carbonyl (C=O) groups is 5. The van der Waals surface area contributed by atoms with Crippen LogP contribution in [0, 0.1) is 5.92 Å². The number of hydrogen-bond acceptors (Lipinski definition) is 19. The van der Waals surface area contributed by atoms with Crippen molar-refractivity contribution in [3.05, 3.63) is 86.7 Å². The van der Waals surface area contributed by atoms with Crippen LogP contribution in [-0.2, 0) is 64.6 Å². The zero-order valence-corrected chi connectivity index (χ0v) is 45.3. The highest BCUT2D eigenvalue weighted by atomic mass is 79.9. The first-order valence-electron chi connectivity index (χ1n) is 25.1. The molecule has 0 saturated carbocycles. The number of fused-ring (bicyclic) bond motifs is 4. The van der Waals surface area contributed by atoms with Gasteiger partial charge in [-0.25, -0.2) is 9.97 Å². The zero-order valence-electron chi connectivity index (χ0n) is 42.1. The lowest BCUT2D eigenvalue weighted by Crippen LogP contribution is -2.49. The van der Waals surface area contributed by atoms with E-state index in [-0.39, 0.29) is 85.3 Å². The minimum atomic E-state index is -1.10. The highest BCUT2D eigenvalue weighted by Crippen LogP contribution is 2.52. The van der Waals surface area contributed by atoms with E-state index in [0.717, 1.165) is 11.4 Å². The molecule has 410 valence electrons. The number of ketones is 2. The maximum atomic E-state index is 14.1. The molecule has 1 unspecified atom stereocenters. The number of phenolic OH excluding ortho intramolecular Hbond substituents is 2. The van der Waals surface area contributed by atoms with Gasteiger partial charge in [-0.15, -0.1) is 0 Å². The number of alkyl halides is 2. The summed E-state index contributed by atoms with van der Waals surface area (Å²) < 4.78 is 52.1. The molecule has 22 nitrogen and oxygen atoms in total. The molecule has 4 aromatic rings. The number of methoxy groups -OCH3 is 1. The van der Waals surface area contributed by atoms with E-state index >= 15 is 0 Å². The van der Waals surface area contributed by atoms with Crippen LogP contribution in [0.25, 0.3) is 11.0 Å². The second-order valence-corrected chi connectivity index (χ2v) is 19.4. The molecule has 3 aromatic carbocycles. The Morgan fingerprint density at radius 1 is 0.816 bits per heavy atom. The number of benzene rings is 3. The van der Waals surface area contributed by atoms with Gasteiger partial charge in [0.05, 0.1) is 137 Å². The first-order valence-corrected chi connectivity index (χ1v) is 27.4. The zero-order chi connectivity index (χ0) is 53.7. The Kier molecular flexibility index (Phi) is 20.5. The van der Waals surface area contributed by atoms with Crippen molar-refractivity contribution in [2.45, 2.75) is 80.5 Å². The second-order valence-electron chi connectivity index (χ2n) is 18.3. The van der Waals surface area contributed by atoms with Crippen LogP contribution in [0.5, 0.6) is 17.2 Å². The second kappa shape index (κ2) is 27.4. The van der Waals surface area contributed by atoms with Crippen molar-refractivity contribution in [2.75, 3.05) is 86.3 Å². The van der Waals surface area contributed by atoms with Gasteiger partial charge in [0.15, 0.2) is 12.1 Å². The van der Waals surface area contributed by atoms with E-state index in [9.17, 15) is 34.2 Å². The standard InChI is InChI=1S/C52H62Br2N6O16/c1-28-37(75-41-27-73-15-11-55-41)8-9-42(74-28)76-39-24-30(22-32-44(39)50(65)46-45(48(32)63)47(62)31-4-3-5-38(68-2)43(31)49(46)64)52(67)60-59-40(61)10-13-69-16-18-71-20-21-72-19-17-70-14-12-56-51(66)29-6-7-33-34(23-29)58-36(26-54)35(25-53)57-33/h3-7,23,28,30,37,39,41-42,55,63,65H,8-22,24-27H2,1-2H3,(H,56,66)(H,59,61)(H,60,67)/t28-,30?,37-,39-,41+,42-/m0/s1. The molecule has 0 radical (unpaired) electrons. The smallest absolute Gasteiger partial charge is 0.251 e. The van der Waals surface area contributed by atoms with Crippen molar-refractivity contribution >= 4 is 72.2 Å². The summed E-state index contributed by atoms with van der Waals surface area (Å²) in [6.45, 7) is 5.91. The number of hydrogen-bond donors (Lipinski definition) is 6. The lowest BCUT2D eigenvalue weighted by atomic mass is 9.74. The predicted molar refractivity (Wildman–Crippen MR) is 278 cm³/mol. The average Bonchev–Trinajstić information content (AvgIpc) is 3.49. The Hall–Kier alpha value is -5.25. The van der Waals surface area contributed by atoms with Crippen LogP contribution >= 0.6 is 31.9 Å². The van der Waals surface area contributed by atoms with Crippen molar-refractivity contribution < 1.29 is 76.8 Å². The van der Waals surface area contributed by atoms with Crippen LogP contribution in [0.15, 0.2) is 36.4 Å². The number of morpholine rings is 1. The largest absolute Gasteiger partial charge is 0.507 e. The molecule has 2 aliphatic heterocycles. The van der Waals surface area contributed by atoms with Crippen molar-refractivity contribution in [1.82, 2.24) is 31.5 Å². The van der Waals surface area contributed by atoms with Crippen molar-refractivity contribution in [1.29, 1.82) is 0 Å². The first-order chi connectivity index (χ1) is 36.9. The molecule has 2 aliphatic carbocycles. The van der Waals surface area contributed by atoms with Gasteiger partial charge in [0.25, 0.3) is 5.91 Å². The third-order valence-electron chi connectivity index (χ3n) is 13.3. The summed E-state index contributed by atoms with van der Waals surface area (Å²) in [4.78, 5) is 76.6. The normalized spacial score (nSPS) is 21.1. The number of amides is 3. The van der Waals surface area contributed by atoms with Crippen molar-refractivity contribution in [2.24, 2.45) is 5.92 Å². The number of nitrogens with one attached hydrogen (secondary N) is 4. The molecular weight excluding hydrogens is 1120 g/mol. The van der Waals surface area contributed by atoms with E-state index in [2.05, 4.69) is 63.3 Å². The number of phenols is 2. The van der Waals surface area contributed by atoms with Crippen LogP contribution in [0.2, 0.25) is 0 Å². The number of halogens is 2. The number of rotatable bonds is 24. The van der Waals surface area contributed by atoms with Gasteiger partial charge < -0.3 is 58.2 Å². The van der Waals surface area contributed by atoms with Crippen LogP contribution in [0.4, 0.5) is 0 Å². The van der Waals surface area contributed by atoms with E-state index in [4.69, 9.17) is 42.6 Å². The fraction of sp³-hybridized carbons (Fsp3) is 0.519. The third-order valence-corrected chi connectivity index (χ3v) is 14.4. The highest BCUT2D eigenvalue weighted by molar-refractivity contribution is 9.09. The Balaban J connectivity index is 0.747. The lowest BCUT2D eigenvalue weighted by molar-refractivity contribution is -0.255. The summed E-state index contributed by atoms with van der Waals surface area (Å²) in [6.07, 6.45) is -2.34. The molecule has 6 N–H and O–H groups in total. The quantitative estimate of drug-likeness (QED) is 0.0219. The van der Waals surface area contributed by atoms with E-state index in [1.165, 1.54) is 19.2 Å². The van der Waals surface area contributed by atoms with Gasteiger partial charge in [0.1, 0.15) is 23.5 Å². The fourth-order valence-corrected chi connectivity index (χ4v) is 10.4. The summed E-state index contributed by atoms with van der Waals surface area (Å²) in [6, 6.07) is 9.72. The van der Waals surface area contributed by atoms with Crippen LogP contribution in [-0.4, -0.2) is 160 Å². The van der Waals surface area contributed by atoms with Gasteiger partial charge in [-0.2, -0.15) is 0 Å². The van der Waals surface area contributed by atoms with Crippen LogP contribution < -0.4 is 26.2 Å². The molecule has 4 aliphatic rings. The molecule has 1 aromatic heterocycles. The van der Waals surface area contributed by atoms with E-state index in [1.54, 1.807) is 24.3 Å². The number of nitrogens with zero attached hydrogens (tertiary/aromatic N) is 2. The molecule has 0 bridgehead atoms.